The van der Waals surface area contributed by atoms with E-state index in [0.717, 1.165) is 0 Å². The maximum Gasteiger partial charge on any atom is 0.241 e. The number of rotatable bonds is 4. The molecule has 0 aliphatic heterocycles. The van der Waals surface area contributed by atoms with Crippen molar-refractivity contribution in [2.45, 2.75) is 12.8 Å². The Labute approximate surface area is 70.0 Å². The zero-order valence-electron chi connectivity index (χ0n) is 6.47. The van der Waals surface area contributed by atoms with Crippen molar-refractivity contribution in [3.63, 3.8) is 0 Å². The lowest BCUT2D eigenvalue weighted by atomic mass is 10.3. The van der Waals surface area contributed by atoms with Crippen molar-refractivity contribution in [1.82, 2.24) is 0 Å². The minimum atomic E-state index is -2.29. The molecule has 1 nitrogen and oxygen atoms in total. The van der Waals surface area contributed by atoms with Gasteiger partial charge in [0.15, 0.2) is 0 Å². The molecule has 0 fully saturated rings. The first-order chi connectivity index (χ1) is 5.79. The fourth-order valence-electron chi connectivity index (χ4n) is 0.733. The largest absolute Gasteiger partial charge is 0.493 e. The van der Waals surface area contributed by atoms with Gasteiger partial charge in [-0.2, -0.15) is 0 Å². The quantitative estimate of drug-likeness (QED) is 0.676. The van der Waals surface area contributed by atoms with Crippen molar-refractivity contribution in [3.05, 3.63) is 30.3 Å². The van der Waals surface area contributed by atoms with Crippen LogP contribution in [0.5, 0.6) is 5.75 Å². The molecule has 0 spiro atoms. The molecule has 1 rings (SSSR count). The molecule has 1 radical (unpaired) electrons. The maximum atomic E-state index is 11.6. The lowest BCUT2D eigenvalue weighted by molar-refractivity contribution is 0.114. The molecule has 0 saturated carbocycles. The normalized spacial score (nSPS) is 10.2. The summed E-state index contributed by atoms with van der Waals surface area (Å²) < 4.78 is 28.3. The number of benzene rings is 1. The molecule has 0 amide bonds. The van der Waals surface area contributed by atoms with E-state index in [9.17, 15) is 8.78 Å². The Bertz CT molecular complexity index is 211. The van der Waals surface area contributed by atoms with Gasteiger partial charge in [0.1, 0.15) is 5.75 Å². The molecule has 12 heavy (non-hydrogen) atoms. The predicted molar refractivity (Wildman–Crippen MR) is 41.4 cm³/mol. The van der Waals surface area contributed by atoms with Crippen LogP contribution in [0.3, 0.4) is 0 Å². The van der Waals surface area contributed by atoms with Gasteiger partial charge in [-0.1, -0.05) is 12.1 Å². The zero-order chi connectivity index (χ0) is 8.81. The van der Waals surface area contributed by atoms with Gasteiger partial charge < -0.3 is 4.74 Å². The molecule has 0 saturated heterocycles. The minimum absolute atomic E-state index is 0.0511. The molecule has 0 atom stereocenters. The molecule has 0 heterocycles. The molecule has 0 unspecified atom stereocenters. The number of hydrogen-bond donors (Lipinski definition) is 0. The average molecular weight is 171 g/mol. The van der Waals surface area contributed by atoms with Crippen LogP contribution in [0.15, 0.2) is 24.3 Å². The lowest BCUT2D eigenvalue weighted by Gasteiger charge is -2.03. The molecular formula is C9H9F2O. The maximum absolute atomic E-state index is 11.6. The van der Waals surface area contributed by atoms with Gasteiger partial charge in [-0.25, -0.2) is 8.78 Å². The lowest BCUT2D eigenvalue weighted by Crippen LogP contribution is -2.02. The summed E-state index contributed by atoms with van der Waals surface area (Å²) in [6.45, 7) is 0.0511. The third-order valence-electron chi connectivity index (χ3n) is 1.28. The van der Waals surface area contributed by atoms with Gasteiger partial charge >= 0.3 is 0 Å². The Balaban J connectivity index is 2.25. The summed E-state index contributed by atoms with van der Waals surface area (Å²) in [6.07, 6.45) is -2.52. The molecule has 1 aromatic carbocycles. The Morgan fingerprint density at radius 1 is 1.50 bits per heavy atom. The number of hydrogen-bond acceptors (Lipinski definition) is 1. The van der Waals surface area contributed by atoms with Crippen LogP contribution in [-0.2, 0) is 0 Å². The van der Waals surface area contributed by atoms with Crippen molar-refractivity contribution >= 4 is 0 Å². The summed E-state index contributed by atoms with van der Waals surface area (Å²) in [7, 11) is 0. The summed E-state index contributed by atoms with van der Waals surface area (Å²) in [4.78, 5) is 0. The molecular weight excluding hydrogens is 162 g/mol. The Morgan fingerprint density at radius 2 is 2.33 bits per heavy atom. The number of halogens is 2. The van der Waals surface area contributed by atoms with E-state index >= 15 is 0 Å². The second kappa shape index (κ2) is 4.70. The average Bonchev–Trinajstić information content (AvgIpc) is 2.05. The highest BCUT2D eigenvalue weighted by atomic mass is 19.3. The first-order valence-electron chi connectivity index (χ1n) is 3.66. The van der Waals surface area contributed by atoms with Gasteiger partial charge in [-0.15, -0.1) is 0 Å². The van der Waals surface area contributed by atoms with E-state index in [1.54, 1.807) is 24.3 Å². The molecule has 0 aliphatic rings. The van der Waals surface area contributed by atoms with Crippen LogP contribution in [0.25, 0.3) is 0 Å². The van der Waals surface area contributed by atoms with Crippen LogP contribution < -0.4 is 4.74 Å². The molecule has 3 heteroatoms. The van der Waals surface area contributed by atoms with E-state index in [1.807, 2.05) is 0 Å². The van der Waals surface area contributed by atoms with Gasteiger partial charge in [-0.05, 0) is 18.2 Å². The fourth-order valence-corrected chi connectivity index (χ4v) is 0.733. The van der Waals surface area contributed by atoms with E-state index in [-0.39, 0.29) is 13.0 Å². The predicted octanol–water partition coefficient (Wildman–Crippen LogP) is 2.52. The first kappa shape index (κ1) is 8.97. The van der Waals surface area contributed by atoms with Crippen LogP contribution in [0.2, 0.25) is 0 Å². The second-order valence-electron chi connectivity index (χ2n) is 2.27. The highest BCUT2D eigenvalue weighted by Gasteiger charge is 2.01. The zero-order valence-corrected chi connectivity index (χ0v) is 6.47. The summed E-state index contributed by atoms with van der Waals surface area (Å²) in [5, 5.41) is 0. The van der Waals surface area contributed by atoms with Crippen molar-refractivity contribution in [2.75, 3.05) is 6.61 Å². The van der Waals surface area contributed by atoms with Crippen molar-refractivity contribution in [3.8, 4) is 5.75 Å². The molecule has 0 bridgehead atoms. The van der Waals surface area contributed by atoms with Gasteiger partial charge in [0, 0.05) is 6.42 Å². The smallest absolute Gasteiger partial charge is 0.241 e. The number of ether oxygens (including phenoxy) is 1. The SMILES string of the molecule is FC(F)CCOc1c[c]ccc1. The fraction of sp³-hybridized carbons (Fsp3) is 0.333. The van der Waals surface area contributed by atoms with Crippen LogP contribution in [-0.4, -0.2) is 13.0 Å². The minimum Gasteiger partial charge on any atom is -0.493 e. The van der Waals surface area contributed by atoms with Crippen molar-refractivity contribution in [2.24, 2.45) is 0 Å². The van der Waals surface area contributed by atoms with Crippen molar-refractivity contribution in [1.29, 1.82) is 0 Å². The Kier molecular flexibility index (Phi) is 3.51. The van der Waals surface area contributed by atoms with E-state index < -0.39 is 6.43 Å². The molecule has 0 aromatic heterocycles. The molecule has 65 valence electrons. The summed E-state index contributed by atoms with van der Waals surface area (Å²) >= 11 is 0. The molecule has 1 aromatic rings. The van der Waals surface area contributed by atoms with E-state index in [4.69, 9.17) is 4.74 Å². The van der Waals surface area contributed by atoms with Crippen molar-refractivity contribution < 1.29 is 13.5 Å². The third kappa shape index (κ3) is 3.32. The number of alkyl halides is 2. The monoisotopic (exact) mass is 171 g/mol. The highest BCUT2D eigenvalue weighted by molar-refractivity contribution is 5.19. The molecule has 0 N–H and O–H groups in total. The van der Waals surface area contributed by atoms with Gasteiger partial charge in [0.25, 0.3) is 0 Å². The van der Waals surface area contributed by atoms with Crippen LogP contribution in [0, 0.1) is 6.07 Å². The Hall–Kier alpha value is -1.12. The van der Waals surface area contributed by atoms with Gasteiger partial charge in [0.05, 0.1) is 6.61 Å². The highest BCUT2D eigenvalue weighted by Crippen LogP contribution is 2.09. The summed E-state index contributed by atoms with van der Waals surface area (Å²) in [5.74, 6) is 0.582. The topological polar surface area (TPSA) is 9.23 Å². The van der Waals surface area contributed by atoms with Crippen LogP contribution >= 0.6 is 0 Å². The van der Waals surface area contributed by atoms with E-state index in [1.165, 1.54) is 0 Å². The van der Waals surface area contributed by atoms with Gasteiger partial charge in [0.2, 0.25) is 6.43 Å². The van der Waals surface area contributed by atoms with E-state index in [0.29, 0.717) is 5.75 Å². The Morgan fingerprint density at radius 3 is 2.92 bits per heavy atom. The van der Waals surface area contributed by atoms with E-state index in [2.05, 4.69) is 6.07 Å². The second-order valence-corrected chi connectivity index (χ2v) is 2.27. The third-order valence-corrected chi connectivity index (χ3v) is 1.28. The summed E-state index contributed by atoms with van der Waals surface area (Å²) in [6, 6.07) is 9.58. The summed E-state index contributed by atoms with van der Waals surface area (Å²) in [5.41, 5.74) is 0. The van der Waals surface area contributed by atoms with Crippen LogP contribution in [0.1, 0.15) is 6.42 Å². The first-order valence-corrected chi connectivity index (χ1v) is 3.66. The standard InChI is InChI=1S/C9H9F2O/c10-9(11)6-7-12-8-4-2-1-3-5-8/h1-2,4-5,9H,6-7H2. The van der Waals surface area contributed by atoms with Gasteiger partial charge in [-0.3, -0.25) is 0 Å². The molecule has 0 aliphatic carbocycles. The van der Waals surface area contributed by atoms with Crippen LogP contribution in [0.4, 0.5) is 8.78 Å².